The van der Waals surface area contributed by atoms with Crippen LogP contribution in [0.4, 0.5) is 5.69 Å². The average Bonchev–Trinajstić information content (AvgIpc) is 3.23. The van der Waals surface area contributed by atoms with Crippen molar-refractivity contribution in [1.29, 1.82) is 0 Å². The second-order valence-electron chi connectivity index (χ2n) is 6.35. The number of rotatable bonds is 6. The van der Waals surface area contributed by atoms with E-state index < -0.39 is 22.0 Å². The first-order chi connectivity index (χ1) is 14.4. The Hall–Kier alpha value is -2.66. The number of amides is 1. The lowest BCUT2D eigenvalue weighted by molar-refractivity contribution is -0.117. The van der Waals surface area contributed by atoms with E-state index in [0.717, 1.165) is 16.2 Å². The van der Waals surface area contributed by atoms with Gasteiger partial charge in [-0.2, -0.15) is 13.5 Å². The van der Waals surface area contributed by atoms with Gasteiger partial charge in [0.2, 0.25) is 15.9 Å². The number of nitrogens with one attached hydrogen (secondary N) is 2. The minimum atomic E-state index is -4.06. The zero-order valence-electron chi connectivity index (χ0n) is 15.3. The number of benzene rings is 3. The summed E-state index contributed by atoms with van der Waals surface area (Å²) in [5.41, 5.74) is 1.82. The van der Waals surface area contributed by atoms with Gasteiger partial charge in [-0.1, -0.05) is 52.3 Å². The van der Waals surface area contributed by atoms with Crippen molar-refractivity contribution in [2.45, 2.75) is 10.9 Å². The minimum Gasteiger partial charge on any atom is -0.324 e. The number of halogens is 1. The van der Waals surface area contributed by atoms with Crippen LogP contribution < -0.4 is 10.0 Å². The predicted octanol–water partition coefficient (Wildman–Crippen LogP) is 4.11. The lowest BCUT2D eigenvalue weighted by Crippen LogP contribution is -2.37. The SMILES string of the molecule is O=C(Nc1ccc(Br)cc1)C(NS(=O)(=O)c1cccc2nsnc12)c1ccccc1. The maximum absolute atomic E-state index is 13.2. The number of sulfonamides is 1. The third-order valence-electron chi connectivity index (χ3n) is 4.32. The lowest BCUT2D eigenvalue weighted by Gasteiger charge is -2.19. The maximum atomic E-state index is 13.2. The monoisotopic (exact) mass is 502 g/mol. The van der Waals surface area contributed by atoms with Gasteiger partial charge in [-0.3, -0.25) is 4.79 Å². The zero-order valence-corrected chi connectivity index (χ0v) is 18.5. The molecule has 0 aliphatic heterocycles. The van der Waals surface area contributed by atoms with Crippen molar-refractivity contribution >= 4 is 60.3 Å². The maximum Gasteiger partial charge on any atom is 0.247 e. The second-order valence-corrected chi connectivity index (χ2v) is 9.48. The van der Waals surface area contributed by atoms with Crippen molar-refractivity contribution < 1.29 is 13.2 Å². The van der Waals surface area contributed by atoms with Gasteiger partial charge in [-0.15, -0.1) is 0 Å². The van der Waals surface area contributed by atoms with Crippen LogP contribution in [0.15, 0.2) is 82.2 Å². The Morgan fingerprint density at radius 2 is 1.67 bits per heavy atom. The highest BCUT2D eigenvalue weighted by Gasteiger charge is 2.29. The number of nitrogens with zero attached hydrogens (tertiary/aromatic N) is 2. The van der Waals surface area contributed by atoms with E-state index in [0.29, 0.717) is 16.8 Å². The fourth-order valence-electron chi connectivity index (χ4n) is 2.88. The summed E-state index contributed by atoms with van der Waals surface area (Å²) in [5, 5.41) is 2.76. The first-order valence-corrected chi connectivity index (χ1v) is 11.8. The summed E-state index contributed by atoms with van der Waals surface area (Å²) in [7, 11) is -4.06. The zero-order chi connectivity index (χ0) is 21.1. The van der Waals surface area contributed by atoms with Crippen LogP contribution in [-0.2, 0) is 14.8 Å². The number of hydrogen-bond donors (Lipinski definition) is 2. The highest BCUT2D eigenvalue weighted by molar-refractivity contribution is 9.10. The van der Waals surface area contributed by atoms with E-state index in [1.54, 1.807) is 66.7 Å². The van der Waals surface area contributed by atoms with Crippen LogP contribution in [0, 0.1) is 0 Å². The molecule has 1 aromatic heterocycles. The Morgan fingerprint density at radius 1 is 0.933 bits per heavy atom. The Bertz CT molecular complexity index is 1290. The van der Waals surface area contributed by atoms with Gasteiger partial charge >= 0.3 is 0 Å². The highest BCUT2D eigenvalue weighted by atomic mass is 79.9. The van der Waals surface area contributed by atoms with Gasteiger partial charge in [0, 0.05) is 10.2 Å². The number of aromatic nitrogens is 2. The van der Waals surface area contributed by atoms with Gasteiger partial charge in [0.05, 0.1) is 11.7 Å². The molecule has 0 bridgehead atoms. The Balaban J connectivity index is 1.69. The second kappa shape index (κ2) is 8.60. The fraction of sp³-hybridized carbons (Fsp3) is 0.0500. The summed E-state index contributed by atoms with van der Waals surface area (Å²) >= 11 is 4.28. The summed E-state index contributed by atoms with van der Waals surface area (Å²) in [6.45, 7) is 0. The van der Waals surface area contributed by atoms with E-state index in [4.69, 9.17) is 0 Å². The number of hydrogen-bond acceptors (Lipinski definition) is 6. The Morgan fingerprint density at radius 3 is 2.40 bits per heavy atom. The predicted molar refractivity (Wildman–Crippen MR) is 120 cm³/mol. The molecule has 1 amide bonds. The molecule has 4 rings (SSSR count). The first-order valence-electron chi connectivity index (χ1n) is 8.79. The van der Waals surface area contributed by atoms with Crippen molar-refractivity contribution in [3.63, 3.8) is 0 Å². The fourth-order valence-corrected chi connectivity index (χ4v) is 5.10. The number of anilines is 1. The Kier molecular flexibility index (Phi) is 5.91. The van der Waals surface area contributed by atoms with Crippen LogP contribution in [-0.4, -0.2) is 23.1 Å². The van der Waals surface area contributed by atoms with Crippen LogP contribution >= 0.6 is 27.7 Å². The molecule has 0 saturated heterocycles. The molecule has 10 heteroatoms. The van der Waals surface area contributed by atoms with Crippen molar-refractivity contribution in [2.75, 3.05) is 5.32 Å². The average molecular weight is 503 g/mol. The molecule has 7 nitrogen and oxygen atoms in total. The molecular formula is C20H15BrN4O3S2. The largest absolute Gasteiger partial charge is 0.324 e. The van der Waals surface area contributed by atoms with E-state index in [9.17, 15) is 13.2 Å². The molecule has 152 valence electrons. The summed E-state index contributed by atoms with van der Waals surface area (Å²) < 4.78 is 37.9. The van der Waals surface area contributed by atoms with Crippen LogP contribution in [0.25, 0.3) is 11.0 Å². The van der Waals surface area contributed by atoms with Gasteiger partial charge < -0.3 is 5.32 Å². The molecule has 30 heavy (non-hydrogen) atoms. The summed E-state index contributed by atoms with van der Waals surface area (Å²) in [6.07, 6.45) is 0. The lowest BCUT2D eigenvalue weighted by atomic mass is 10.1. The molecule has 4 aromatic rings. The highest BCUT2D eigenvalue weighted by Crippen LogP contribution is 2.24. The van der Waals surface area contributed by atoms with E-state index in [1.807, 2.05) is 0 Å². The van der Waals surface area contributed by atoms with E-state index in [-0.39, 0.29) is 10.4 Å². The van der Waals surface area contributed by atoms with Crippen molar-refractivity contribution in [3.8, 4) is 0 Å². The molecular weight excluding hydrogens is 488 g/mol. The molecule has 3 aromatic carbocycles. The molecule has 0 spiro atoms. The molecule has 0 aliphatic carbocycles. The molecule has 2 N–H and O–H groups in total. The standard InChI is InChI=1S/C20H15BrN4O3S2/c21-14-9-11-15(12-10-14)22-20(26)18(13-5-2-1-3-6-13)25-30(27,28)17-8-4-7-16-19(17)24-29-23-16/h1-12,18,25H,(H,22,26). The van der Waals surface area contributed by atoms with Gasteiger partial charge in [0.15, 0.2) is 0 Å². The van der Waals surface area contributed by atoms with Gasteiger partial charge in [-0.05, 0) is 42.0 Å². The van der Waals surface area contributed by atoms with Gasteiger partial charge in [-0.25, -0.2) is 8.42 Å². The third kappa shape index (κ3) is 4.41. The quantitative estimate of drug-likeness (QED) is 0.413. The Labute approximate surface area is 185 Å². The third-order valence-corrected chi connectivity index (χ3v) is 6.84. The number of carbonyl (C=O) groups is 1. The molecule has 1 unspecified atom stereocenters. The van der Waals surface area contributed by atoms with Crippen LogP contribution in [0.3, 0.4) is 0 Å². The summed E-state index contributed by atoms with van der Waals surface area (Å²) in [6, 6.07) is 19.3. The molecule has 0 aliphatic rings. The van der Waals surface area contributed by atoms with Gasteiger partial charge in [0.25, 0.3) is 0 Å². The minimum absolute atomic E-state index is 0.0221. The number of carbonyl (C=O) groups excluding carboxylic acids is 1. The van der Waals surface area contributed by atoms with Crippen molar-refractivity contribution in [3.05, 3.63) is 82.8 Å². The first kappa shape index (κ1) is 20.6. The van der Waals surface area contributed by atoms with Crippen molar-refractivity contribution in [2.24, 2.45) is 0 Å². The van der Waals surface area contributed by atoms with E-state index >= 15 is 0 Å². The topological polar surface area (TPSA) is 101 Å². The smallest absolute Gasteiger partial charge is 0.247 e. The normalized spacial score (nSPS) is 12.6. The van der Waals surface area contributed by atoms with Gasteiger partial charge in [0.1, 0.15) is 22.0 Å². The number of fused-ring (bicyclic) bond motifs is 1. The molecule has 0 radical (unpaired) electrons. The van der Waals surface area contributed by atoms with E-state index in [1.165, 1.54) is 6.07 Å². The molecule has 1 atom stereocenters. The molecule has 0 saturated carbocycles. The van der Waals surface area contributed by atoms with Crippen LogP contribution in [0.5, 0.6) is 0 Å². The van der Waals surface area contributed by atoms with Crippen LogP contribution in [0.2, 0.25) is 0 Å². The molecule has 1 heterocycles. The summed E-state index contributed by atoms with van der Waals surface area (Å²) in [5.74, 6) is -0.504. The summed E-state index contributed by atoms with van der Waals surface area (Å²) in [4.78, 5) is 13.0. The van der Waals surface area contributed by atoms with Crippen molar-refractivity contribution in [1.82, 2.24) is 13.5 Å². The molecule has 0 fully saturated rings. The van der Waals surface area contributed by atoms with Crippen LogP contribution in [0.1, 0.15) is 11.6 Å². The van der Waals surface area contributed by atoms with E-state index in [2.05, 4.69) is 34.7 Å².